The lowest BCUT2D eigenvalue weighted by Crippen LogP contribution is -2.18. The molecule has 0 bridgehead atoms. The van der Waals surface area contributed by atoms with E-state index in [-0.39, 0.29) is 12.1 Å². The molecule has 0 saturated carbocycles. The molecule has 0 amide bonds. The van der Waals surface area contributed by atoms with Gasteiger partial charge >= 0.3 is 11.9 Å². The molecule has 0 saturated heterocycles. The van der Waals surface area contributed by atoms with Gasteiger partial charge in [-0.05, 0) is 18.2 Å². The van der Waals surface area contributed by atoms with E-state index in [0.29, 0.717) is 11.0 Å². The lowest BCUT2D eigenvalue weighted by Gasteiger charge is -2.03. The van der Waals surface area contributed by atoms with Crippen LogP contribution in [0.5, 0.6) is 0 Å². The Labute approximate surface area is 102 Å². The smallest absolute Gasteiger partial charge is 0.335 e. The predicted molar refractivity (Wildman–Crippen MR) is 61.3 cm³/mol. The molecule has 1 heterocycles. The van der Waals surface area contributed by atoms with Gasteiger partial charge in [-0.3, -0.25) is 4.79 Å². The van der Waals surface area contributed by atoms with Crippen LogP contribution in [-0.4, -0.2) is 37.1 Å². The maximum Gasteiger partial charge on any atom is 0.335 e. The number of aliphatic carboxylic acids is 1. The first-order valence-electron chi connectivity index (χ1n) is 5.28. The van der Waals surface area contributed by atoms with Crippen LogP contribution in [-0.2, 0) is 11.3 Å². The summed E-state index contributed by atoms with van der Waals surface area (Å²) in [6.07, 6.45) is 0. The number of fused-ring (bicyclic) bond motifs is 1. The van der Waals surface area contributed by atoms with Crippen molar-refractivity contribution in [1.29, 1.82) is 0 Å². The van der Waals surface area contributed by atoms with Gasteiger partial charge in [-0.15, -0.1) is 0 Å². The number of rotatable bonds is 4. The van der Waals surface area contributed by atoms with Crippen LogP contribution in [0.25, 0.3) is 11.0 Å². The number of hydrogen-bond acceptors (Lipinski definition) is 4. The molecule has 0 aliphatic rings. The first-order valence-corrected chi connectivity index (χ1v) is 5.28. The Hall–Kier alpha value is -2.44. The molecule has 7 heteroatoms. The summed E-state index contributed by atoms with van der Waals surface area (Å²) in [6, 6.07) is 4.39. The topological polar surface area (TPSA) is 105 Å². The normalized spacial score (nSPS) is 12.5. The molecular formula is C11H11N3O4. The molecule has 0 fully saturated rings. The summed E-state index contributed by atoms with van der Waals surface area (Å²) >= 11 is 0. The van der Waals surface area contributed by atoms with Crippen LogP contribution in [0.2, 0.25) is 0 Å². The van der Waals surface area contributed by atoms with Crippen LogP contribution < -0.4 is 0 Å². The number of carbonyl (C=O) groups is 2. The number of benzene rings is 1. The van der Waals surface area contributed by atoms with Gasteiger partial charge in [0.15, 0.2) is 0 Å². The van der Waals surface area contributed by atoms with Crippen LogP contribution in [0.1, 0.15) is 17.3 Å². The fraction of sp³-hybridized carbons (Fsp3) is 0.273. The van der Waals surface area contributed by atoms with Gasteiger partial charge in [-0.25, -0.2) is 4.79 Å². The highest BCUT2D eigenvalue weighted by Gasteiger charge is 2.14. The van der Waals surface area contributed by atoms with Crippen molar-refractivity contribution in [3.63, 3.8) is 0 Å². The zero-order valence-electron chi connectivity index (χ0n) is 9.57. The number of aromatic nitrogens is 3. The van der Waals surface area contributed by atoms with Gasteiger partial charge in [0.05, 0.1) is 18.0 Å². The van der Waals surface area contributed by atoms with Crippen molar-refractivity contribution in [3.05, 3.63) is 23.8 Å². The number of carboxylic acids is 2. The molecule has 94 valence electrons. The maximum atomic E-state index is 10.8. The van der Waals surface area contributed by atoms with E-state index in [9.17, 15) is 9.59 Å². The van der Waals surface area contributed by atoms with Gasteiger partial charge in [-0.1, -0.05) is 6.92 Å². The second-order valence-corrected chi connectivity index (χ2v) is 4.00. The highest BCUT2D eigenvalue weighted by molar-refractivity contribution is 5.92. The molecule has 2 rings (SSSR count). The molecule has 0 radical (unpaired) electrons. The van der Waals surface area contributed by atoms with E-state index in [1.54, 1.807) is 13.0 Å². The molecule has 7 nitrogen and oxygen atoms in total. The van der Waals surface area contributed by atoms with Gasteiger partial charge in [0.25, 0.3) is 0 Å². The summed E-state index contributed by atoms with van der Waals surface area (Å²) in [5.74, 6) is -2.57. The molecule has 1 atom stereocenters. The van der Waals surface area contributed by atoms with E-state index < -0.39 is 17.9 Å². The maximum absolute atomic E-state index is 10.8. The van der Waals surface area contributed by atoms with Gasteiger partial charge in [0, 0.05) is 0 Å². The lowest BCUT2D eigenvalue weighted by atomic mass is 10.2. The van der Waals surface area contributed by atoms with Gasteiger partial charge in [0.2, 0.25) is 0 Å². The van der Waals surface area contributed by atoms with Crippen LogP contribution in [0.15, 0.2) is 18.2 Å². The summed E-state index contributed by atoms with van der Waals surface area (Å²) in [6.45, 7) is 1.70. The molecule has 2 N–H and O–H groups in total. The van der Waals surface area contributed by atoms with Crippen molar-refractivity contribution < 1.29 is 19.8 Å². The highest BCUT2D eigenvalue weighted by Crippen LogP contribution is 2.12. The summed E-state index contributed by atoms with van der Waals surface area (Å²) in [5.41, 5.74) is 1.10. The van der Waals surface area contributed by atoms with Gasteiger partial charge in [0.1, 0.15) is 11.0 Å². The quantitative estimate of drug-likeness (QED) is 0.832. The van der Waals surface area contributed by atoms with E-state index in [1.807, 2.05) is 0 Å². The third-order valence-corrected chi connectivity index (χ3v) is 2.53. The Bertz CT molecular complexity index is 620. The fourth-order valence-corrected chi connectivity index (χ4v) is 1.50. The van der Waals surface area contributed by atoms with Gasteiger partial charge in [-0.2, -0.15) is 15.0 Å². The fourth-order valence-electron chi connectivity index (χ4n) is 1.50. The third kappa shape index (κ3) is 2.29. The lowest BCUT2D eigenvalue weighted by molar-refractivity contribution is -0.141. The van der Waals surface area contributed by atoms with Crippen molar-refractivity contribution in [2.45, 2.75) is 13.5 Å². The monoisotopic (exact) mass is 249 g/mol. The third-order valence-electron chi connectivity index (χ3n) is 2.53. The first-order chi connectivity index (χ1) is 8.47. The van der Waals surface area contributed by atoms with Gasteiger partial charge < -0.3 is 10.2 Å². The second kappa shape index (κ2) is 4.44. The Morgan fingerprint density at radius 3 is 2.56 bits per heavy atom. The summed E-state index contributed by atoms with van der Waals surface area (Å²) in [7, 11) is 0. The summed E-state index contributed by atoms with van der Waals surface area (Å²) < 4.78 is 0. The average Bonchev–Trinajstić information content (AvgIpc) is 2.69. The number of aromatic carboxylic acids is 1. The molecule has 1 aromatic carbocycles. The standard InChI is InChI=1S/C11H11N3O4/c1-6(10(15)16)5-14-12-8-3-2-7(11(17)18)4-9(8)13-14/h2-4,6H,5H2,1H3,(H,15,16)(H,17,18)/t6-/m0/s1. The van der Waals surface area contributed by atoms with Crippen LogP contribution >= 0.6 is 0 Å². The van der Waals surface area contributed by atoms with E-state index in [1.165, 1.54) is 16.9 Å². The van der Waals surface area contributed by atoms with Crippen LogP contribution in [0, 0.1) is 5.92 Å². The zero-order valence-corrected chi connectivity index (χ0v) is 9.57. The van der Waals surface area contributed by atoms with E-state index in [0.717, 1.165) is 0 Å². The van der Waals surface area contributed by atoms with E-state index in [4.69, 9.17) is 10.2 Å². The Kier molecular flexibility index (Phi) is 2.97. The highest BCUT2D eigenvalue weighted by atomic mass is 16.4. The largest absolute Gasteiger partial charge is 0.481 e. The molecule has 2 aromatic rings. The number of hydrogen-bond donors (Lipinski definition) is 2. The Morgan fingerprint density at radius 1 is 1.28 bits per heavy atom. The Balaban J connectivity index is 2.32. The molecule has 1 aromatic heterocycles. The van der Waals surface area contributed by atoms with Crippen molar-refractivity contribution in [3.8, 4) is 0 Å². The zero-order chi connectivity index (χ0) is 13.3. The number of nitrogens with zero attached hydrogens (tertiary/aromatic N) is 3. The average molecular weight is 249 g/mol. The predicted octanol–water partition coefficient (Wildman–Crippen LogP) is 0.850. The first kappa shape index (κ1) is 12.0. The van der Waals surface area contributed by atoms with Crippen molar-refractivity contribution in [2.24, 2.45) is 5.92 Å². The van der Waals surface area contributed by atoms with Crippen molar-refractivity contribution in [1.82, 2.24) is 15.0 Å². The second-order valence-electron chi connectivity index (χ2n) is 4.00. The van der Waals surface area contributed by atoms with Crippen molar-refractivity contribution in [2.75, 3.05) is 0 Å². The molecule has 0 aliphatic carbocycles. The van der Waals surface area contributed by atoms with Crippen LogP contribution in [0.4, 0.5) is 0 Å². The minimum absolute atomic E-state index is 0.126. The van der Waals surface area contributed by atoms with E-state index in [2.05, 4.69) is 10.2 Å². The Morgan fingerprint density at radius 2 is 1.94 bits per heavy atom. The molecular weight excluding hydrogens is 238 g/mol. The minimum Gasteiger partial charge on any atom is -0.481 e. The molecule has 0 aliphatic heterocycles. The molecule has 18 heavy (non-hydrogen) atoms. The van der Waals surface area contributed by atoms with E-state index >= 15 is 0 Å². The molecule has 0 unspecified atom stereocenters. The summed E-state index contributed by atoms with van der Waals surface area (Å²) in [5, 5.41) is 25.8. The molecule has 0 spiro atoms. The summed E-state index contributed by atoms with van der Waals surface area (Å²) in [4.78, 5) is 22.8. The SMILES string of the molecule is C[C@@H](Cn1nc2ccc(C(=O)O)cc2n1)C(=O)O. The van der Waals surface area contributed by atoms with Crippen molar-refractivity contribution >= 4 is 23.0 Å². The number of carboxylic acid groups (broad SMARTS) is 2. The minimum atomic E-state index is -1.04. The van der Waals surface area contributed by atoms with Crippen LogP contribution in [0.3, 0.4) is 0 Å².